The van der Waals surface area contributed by atoms with Crippen LogP contribution in [-0.4, -0.2) is 19.6 Å². The number of carbonyl (C=O) groups excluding carboxylic acids is 1. The van der Waals surface area contributed by atoms with E-state index in [0.717, 1.165) is 29.9 Å². The molecule has 17 heavy (non-hydrogen) atoms. The maximum Gasteiger partial charge on any atom is 0.217 e. The van der Waals surface area contributed by atoms with Crippen LogP contribution in [0.1, 0.15) is 31.4 Å². The lowest BCUT2D eigenvalue weighted by Crippen LogP contribution is -2.25. The van der Waals surface area contributed by atoms with Crippen molar-refractivity contribution in [1.29, 1.82) is 0 Å². The molecule has 1 aliphatic heterocycles. The van der Waals surface area contributed by atoms with Crippen LogP contribution in [0.4, 0.5) is 0 Å². The van der Waals surface area contributed by atoms with E-state index in [2.05, 4.69) is 5.32 Å². The van der Waals surface area contributed by atoms with Crippen molar-refractivity contribution in [3.8, 4) is 11.5 Å². The second-order valence-corrected chi connectivity index (χ2v) is 4.15. The van der Waals surface area contributed by atoms with E-state index in [1.54, 1.807) is 7.11 Å². The van der Waals surface area contributed by atoms with Gasteiger partial charge >= 0.3 is 0 Å². The van der Waals surface area contributed by atoms with Crippen molar-refractivity contribution >= 4 is 5.91 Å². The van der Waals surface area contributed by atoms with Crippen molar-refractivity contribution in [2.24, 2.45) is 0 Å². The van der Waals surface area contributed by atoms with Crippen LogP contribution in [-0.2, 0) is 4.79 Å². The Kier molecular flexibility index (Phi) is 3.52. The van der Waals surface area contributed by atoms with Crippen LogP contribution in [0.2, 0.25) is 0 Å². The molecular formula is C13H17NO3. The number of fused-ring (bicyclic) bond motifs is 1. The van der Waals surface area contributed by atoms with Crippen LogP contribution in [0.3, 0.4) is 0 Å². The first-order valence-corrected chi connectivity index (χ1v) is 5.78. The molecule has 1 aliphatic rings. The average Bonchev–Trinajstić information content (AvgIpc) is 2.51. The molecule has 1 aromatic carbocycles. The number of hydrogen-bond donors (Lipinski definition) is 1. The quantitative estimate of drug-likeness (QED) is 0.853. The molecular weight excluding hydrogens is 218 g/mol. The second-order valence-electron chi connectivity index (χ2n) is 4.15. The summed E-state index contributed by atoms with van der Waals surface area (Å²) in [6.07, 6.45) is 1.82. The Morgan fingerprint density at radius 2 is 2.35 bits per heavy atom. The summed E-state index contributed by atoms with van der Waals surface area (Å²) in [6, 6.07) is 5.71. The predicted octanol–water partition coefficient (Wildman–Crippen LogP) is 2.04. The maximum absolute atomic E-state index is 11.2. The molecule has 0 spiro atoms. The summed E-state index contributed by atoms with van der Waals surface area (Å²) >= 11 is 0. The molecule has 1 heterocycles. The number of amides is 1. The van der Waals surface area contributed by atoms with Crippen molar-refractivity contribution in [2.75, 3.05) is 13.7 Å². The van der Waals surface area contributed by atoms with Crippen molar-refractivity contribution in [3.05, 3.63) is 23.8 Å². The van der Waals surface area contributed by atoms with Gasteiger partial charge in [-0.2, -0.15) is 0 Å². The molecule has 0 bridgehead atoms. The number of hydrogen-bond acceptors (Lipinski definition) is 3. The van der Waals surface area contributed by atoms with Gasteiger partial charge in [-0.25, -0.2) is 0 Å². The summed E-state index contributed by atoms with van der Waals surface area (Å²) in [4.78, 5) is 11.2. The van der Waals surface area contributed by atoms with Gasteiger partial charge in [0, 0.05) is 12.5 Å². The Morgan fingerprint density at radius 1 is 1.53 bits per heavy atom. The molecule has 1 amide bonds. The van der Waals surface area contributed by atoms with Gasteiger partial charge < -0.3 is 14.8 Å². The average molecular weight is 235 g/mol. The van der Waals surface area contributed by atoms with E-state index < -0.39 is 0 Å². The van der Waals surface area contributed by atoms with E-state index in [9.17, 15) is 4.79 Å². The standard InChI is InChI=1S/C13H17NO3/c1-9(15)14-12-4-3-7-17-13-6-5-10(16-2)8-11(12)13/h5-6,8,12H,3-4,7H2,1-2H3,(H,14,15). The van der Waals surface area contributed by atoms with Gasteiger partial charge in [-0.1, -0.05) is 0 Å². The molecule has 0 saturated heterocycles. The highest BCUT2D eigenvalue weighted by atomic mass is 16.5. The van der Waals surface area contributed by atoms with Gasteiger partial charge in [0.2, 0.25) is 5.91 Å². The summed E-state index contributed by atoms with van der Waals surface area (Å²) < 4.78 is 10.9. The summed E-state index contributed by atoms with van der Waals surface area (Å²) in [5, 5.41) is 2.95. The van der Waals surface area contributed by atoms with E-state index in [-0.39, 0.29) is 11.9 Å². The van der Waals surface area contributed by atoms with E-state index >= 15 is 0 Å². The minimum absolute atomic E-state index is 0.0140. The smallest absolute Gasteiger partial charge is 0.217 e. The third-order valence-corrected chi connectivity index (χ3v) is 2.86. The molecule has 0 saturated carbocycles. The normalized spacial score (nSPS) is 18.6. The summed E-state index contributed by atoms with van der Waals surface area (Å²) in [5.74, 6) is 1.59. The van der Waals surface area contributed by atoms with E-state index in [4.69, 9.17) is 9.47 Å². The van der Waals surface area contributed by atoms with Gasteiger partial charge in [-0.05, 0) is 31.0 Å². The largest absolute Gasteiger partial charge is 0.497 e. The van der Waals surface area contributed by atoms with Gasteiger partial charge in [-0.15, -0.1) is 0 Å². The van der Waals surface area contributed by atoms with Crippen LogP contribution in [0, 0.1) is 0 Å². The Hall–Kier alpha value is -1.71. The molecule has 0 radical (unpaired) electrons. The fraction of sp³-hybridized carbons (Fsp3) is 0.462. The van der Waals surface area contributed by atoms with Crippen molar-refractivity contribution in [2.45, 2.75) is 25.8 Å². The Morgan fingerprint density at radius 3 is 3.06 bits per heavy atom. The van der Waals surface area contributed by atoms with Crippen molar-refractivity contribution in [1.82, 2.24) is 5.32 Å². The Balaban J connectivity index is 2.34. The zero-order chi connectivity index (χ0) is 12.3. The van der Waals surface area contributed by atoms with Crippen LogP contribution >= 0.6 is 0 Å². The highest BCUT2D eigenvalue weighted by molar-refractivity contribution is 5.73. The summed E-state index contributed by atoms with van der Waals surface area (Å²) in [7, 11) is 1.63. The molecule has 4 heteroatoms. The number of ether oxygens (including phenoxy) is 2. The zero-order valence-electron chi connectivity index (χ0n) is 10.2. The minimum Gasteiger partial charge on any atom is -0.497 e. The number of rotatable bonds is 2. The minimum atomic E-state index is -0.0225. The molecule has 0 aliphatic carbocycles. The monoisotopic (exact) mass is 235 g/mol. The molecule has 1 unspecified atom stereocenters. The predicted molar refractivity (Wildman–Crippen MR) is 64.3 cm³/mol. The number of benzene rings is 1. The van der Waals surface area contributed by atoms with Crippen LogP contribution in [0.25, 0.3) is 0 Å². The van der Waals surface area contributed by atoms with Crippen LogP contribution in [0.15, 0.2) is 18.2 Å². The maximum atomic E-state index is 11.2. The first kappa shape index (κ1) is 11.8. The molecule has 1 aromatic rings. The SMILES string of the molecule is COc1ccc2c(c1)C(NC(C)=O)CCCO2. The molecule has 0 aromatic heterocycles. The Bertz CT molecular complexity index is 417. The lowest BCUT2D eigenvalue weighted by atomic mass is 10.0. The lowest BCUT2D eigenvalue weighted by Gasteiger charge is -2.18. The van der Waals surface area contributed by atoms with Gasteiger partial charge in [0.05, 0.1) is 19.8 Å². The third kappa shape index (κ3) is 2.70. The lowest BCUT2D eigenvalue weighted by molar-refractivity contribution is -0.119. The van der Waals surface area contributed by atoms with Crippen molar-refractivity contribution in [3.63, 3.8) is 0 Å². The van der Waals surface area contributed by atoms with Crippen LogP contribution in [0.5, 0.6) is 11.5 Å². The molecule has 4 nitrogen and oxygen atoms in total. The number of nitrogens with one attached hydrogen (secondary N) is 1. The first-order valence-electron chi connectivity index (χ1n) is 5.78. The summed E-state index contributed by atoms with van der Waals surface area (Å²) in [5.41, 5.74) is 0.997. The molecule has 92 valence electrons. The molecule has 1 N–H and O–H groups in total. The fourth-order valence-electron chi connectivity index (χ4n) is 2.08. The van der Waals surface area contributed by atoms with Gasteiger partial charge in [0.25, 0.3) is 0 Å². The Labute approximate surface area is 101 Å². The second kappa shape index (κ2) is 5.08. The highest BCUT2D eigenvalue weighted by Crippen LogP contribution is 2.34. The fourth-order valence-corrected chi connectivity index (χ4v) is 2.08. The zero-order valence-corrected chi connectivity index (χ0v) is 10.2. The number of methoxy groups -OCH3 is 1. The molecule has 1 atom stereocenters. The van der Waals surface area contributed by atoms with Gasteiger partial charge in [-0.3, -0.25) is 4.79 Å². The number of carbonyl (C=O) groups is 1. The molecule has 2 rings (SSSR count). The molecule has 0 fully saturated rings. The first-order chi connectivity index (χ1) is 8.20. The van der Waals surface area contributed by atoms with Crippen molar-refractivity contribution < 1.29 is 14.3 Å². The van der Waals surface area contributed by atoms with Gasteiger partial charge in [0.15, 0.2) is 0 Å². The van der Waals surface area contributed by atoms with E-state index in [0.29, 0.717) is 6.61 Å². The van der Waals surface area contributed by atoms with E-state index in [1.807, 2.05) is 18.2 Å². The highest BCUT2D eigenvalue weighted by Gasteiger charge is 2.21. The van der Waals surface area contributed by atoms with E-state index in [1.165, 1.54) is 6.92 Å². The topological polar surface area (TPSA) is 47.6 Å². The van der Waals surface area contributed by atoms with Gasteiger partial charge in [0.1, 0.15) is 11.5 Å². The third-order valence-electron chi connectivity index (χ3n) is 2.86. The summed E-state index contributed by atoms with van der Waals surface area (Å²) in [6.45, 7) is 2.22. The van der Waals surface area contributed by atoms with Crippen LogP contribution < -0.4 is 14.8 Å².